The molecule has 0 saturated heterocycles. The van der Waals surface area contributed by atoms with Crippen molar-refractivity contribution in [3.63, 3.8) is 0 Å². The third-order valence-electron chi connectivity index (χ3n) is 3.87. The first-order chi connectivity index (χ1) is 14.4. The molecule has 0 spiro atoms. The zero-order valence-corrected chi connectivity index (χ0v) is 17.2. The molecule has 158 valence electrons. The molecule has 1 atom stereocenters. The van der Waals surface area contributed by atoms with Crippen molar-refractivity contribution in [2.24, 2.45) is 5.10 Å². The van der Waals surface area contributed by atoms with Crippen LogP contribution in [0.5, 0.6) is 5.75 Å². The summed E-state index contributed by atoms with van der Waals surface area (Å²) in [5.74, 6) is -0.885. The normalized spacial score (nSPS) is 11.6. The maximum atomic E-state index is 11.9. The van der Waals surface area contributed by atoms with Gasteiger partial charge in [0.15, 0.2) is 6.10 Å². The van der Waals surface area contributed by atoms with E-state index in [0.717, 1.165) is 5.56 Å². The monoisotopic (exact) mass is 411 g/mol. The molecular weight excluding hydrogens is 386 g/mol. The van der Waals surface area contributed by atoms with Gasteiger partial charge in [0.2, 0.25) is 11.8 Å². The number of aryl methyl sites for hydroxylation is 1. The minimum atomic E-state index is -0.713. The van der Waals surface area contributed by atoms with Crippen molar-refractivity contribution in [2.45, 2.75) is 33.3 Å². The molecule has 0 heterocycles. The minimum absolute atomic E-state index is 0.293. The number of amides is 2. The first kappa shape index (κ1) is 22.6. The van der Waals surface area contributed by atoms with Crippen LogP contribution in [0.3, 0.4) is 0 Å². The Kier molecular flexibility index (Phi) is 8.56. The Balaban J connectivity index is 1.77. The highest BCUT2D eigenvalue weighted by atomic mass is 16.6. The molecular formula is C22H25N3O5. The van der Waals surface area contributed by atoms with Crippen LogP contribution in [0.25, 0.3) is 0 Å². The van der Waals surface area contributed by atoms with Gasteiger partial charge < -0.3 is 14.8 Å². The highest BCUT2D eigenvalue weighted by molar-refractivity contribution is 6.03. The van der Waals surface area contributed by atoms with E-state index in [0.29, 0.717) is 23.6 Å². The zero-order valence-electron chi connectivity index (χ0n) is 17.2. The number of nitrogens with one attached hydrogen (secondary N) is 2. The van der Waals surface area contributed by atoms with Crippen molar-refractivity contribution >= 4 is 29.7 Å². The Hall–Kier alpha value is -3.68. The first-order valence-corrected chi connectivity index (χ1v) is 9.49. The molecule has 30 heavy (non-hydrogen) atoms. The SMILES string of the molecule is CCOC(=O)C(C)Oc1ccc(C=NNC(=O)CC(=O)Nc2ccc(C)cc2)cc1. The lowest BCUT2D eigenvalue weighted by Gasteiger charge is -2.13. The quantitative estimate of drug-likeness (QED) is 0.286. The van der Waals surface area contributed by atoms with E-state index in [4.69, 9.17) is 9.47 Å². The second-order valence-corrected chi connectivity index (χ2v) is 6.47. The summed E-state index contributed by atoms with van der Waals surface area (Å²) < 4.78 is 10.4. The number of nitrogens with zero attached hydrogens (tertiary/aromatic N) is 1. The summed E-state index contributed by atoms with van der Waals surface area (Å²) in [4.78, 5) is 35.3. The van der Waals surface area contributed by atoms with Crippen molar-refractivity contribution in [2.75, 3.05) is 11.9 Å². The van der Waals surface area contributed by atoms with Crippen LogP contribution < -0.4 is 15.5 Å². The Morgan fingerprint density at radius 2 is 1.70 bits per heavy atom. The molecule has 2 amide bonds. The van der Waals surface area contributed by atoms with Crippen molar-refractivity contribution in [1.82, 2.24) is 5.43 Å². The molecule has 0 saturated carbocycles. The highest BCUT2D eigenvalue weighted by Crippen LogP contribution is 2.13. The molecule has 2 aromatic rings. The number of carbonyl (C=O) groups is 3. The van der Waals surface area contributed by atoms with E-state index in [1.807, 2.05) is 19.1 Å². The lowest BCUT2D eigenvalue weighted by atomic mass is 10.2. The first-order valence-electron chi connectivity index (χ1n) is 9.49. The molecule has 8 nitrogen and oxygen atoms in total. The van der Waals surface area contributed by atoms with Gasteiger partial charge in [-0.05, 0) is 62.7 Å². The Morgan fingerprint density at radius 3 is 2.33 bits per heavy atom. The van der Waals surface area contributed by atoms with Gasteiger partial charge in [-0.25, -0.2) is 10.2 Å². The van der Waals surface area contributed by atoms with E-state index >= 15 is 0 Å². The van der Waals surface area contributed by atoms with Crippen LogP contribution >= 0.6 is 0 Å². The van der Waals surface area contributed by atoms with Crippen LogP contribution in [-0.2, 0) is 19.1 Å². The van der Waals surface area contributed by atoms with Crippen LogP contribution in [-0.4, -0.2) is 36.7 Å². The van der Waals surface area contributed by atoms with Gasteiger partial charge in [-0.1, -0.05) is 17.7 Å². The zero-order chi connectivity index (χ0) is 21.9. The predicted molar refractivity (Wildman–Crippen MR) is 113 cm³/mol. The lowest BCUT2D eigenvalue weighted by Crippen LogP contribution is -2.26. The van der Waals surface area contributed by atoms with E-state index in [9.17, 15) is 14.4 Å². The van der Waals surface area contributed by atoms with Crippen LogP contribution in [0.15, 0.2) is 53.6 Å². The number of ether oxygens (including phenoxy) is 2. The summed E-state index contributed by atoms with van der Waals surface area (Å²) in [7, 11) is 0. The Morgan fingerprint density at radius 1 is 1.03 bits per heavy atom. The highest BCUT2D eigenvalue weighted by Gasteiger charge is 2.15. The fraction of sp³-hybridized carbons (Fsp3) is 0.273. The number of benzene rings is 2. The van der Waals surface area contributed by atoms with E-state index in [-0.39, 0.29) is 6.42 Å². The van der Waals surface area contributed by atoms with Crippen molar-refractivity contribution in [3.05, 3.63) is 59.7 Å². The number of anilines is 1. The second kappa shape index (κ2) is 11.4. The van der Waals surface area contributed by atoms with Gasteiger partial charge in [-0.3, -0.25) is 9.59 Å². The summed E-state index contributed by atoms with van der Waals surface area (Å²) in [6.45, 7) is 5.58. The molecule has 0 radical (unpaired) electrons. The van der Waals surface area contributed by atoms with Crippen LogP contribution in [0.1, 0.15) is 31.4 Å². The number of hydrogen-bond acceptors (Lipinski definition) is 6. The fourth-order valence-electron chi connectivity index (χ4n) is 2.35. The Labute approximate surface area is 175 Å². The molecule has 0 aromatic heterocycles. The summed E-state index contributed by atoms with van der Waals surface area (Å²) in [6.07, 6.45) is 0.382. The minimum Gasteiger partial charge on any atom is -0.479 e. The molecule has 1 unspecified atom stereocenters. The van der Waals surface area contributed by atoms with Gasteiger partial charge in [0.05, 0.1) is 12.8 Å². The van der Waals surface area contributed by atoms with Crippen LogP contribution in [0.2, 0.25) is 0 Å². The lowest BCUT2D eigenvalue weighted by molar-refractivity contribution is -0.150. The van der Waals surface area contributed by atoms with Crippen molar-refractivity contribution < 1.29 is 23.9 Å². The molecule has 0 aliphatic heterocycles. The molecule has 2 N–H and O–H groups in total. The van der Waals surface area contributed by atoms with Crippen LogP contribution in [0, 0.1) is 6.92 Å². The standard InChI is InChI=1S/C22H25N3O5/c1-4-29-22(28)16(3)30-19-11-7-17(8-12-19)14-23-25-21(27)13-20(26)24-18-9-5-15(2)6-10-18/h5-12,14,16H,4,13H2,1-3H3,(H,24,26)(H,25,27). The van der Waals surface area contributed by atoms with E-state index in [2.05, 4.69) is 15.8 Å². The second-order valence-electron chi connectivity index (χ2n) is 6.47. The van der Waals surface area contributed by atoms with E-state index in [1.54, 1.807) is 50.2 Å². The average Bonchev–Trinajstić information content (AvgIpc) is 2.71. The number of carbonyl (C=O) groups excluding carboxylic acids is 3. The molecule has 0 fully saturated rings. The largest absolute Gasteiger partial charge is 0.479 e. The number of hydrazone groups is 1. The molecule has 0 bridgehead atoms. The van der Waals surface area contributed by atoms with Gasteiger partial charge in [0.25, 0.3) is 0 Å². The third kappa shape index (κ3) is 7.75. The molecule has 2 rings (SSSR count). The summed E-state index contributed by atoms with van der Waals surface area (Å²) in [6, 6.07) is 14.1. The summed E-state index contributed by atoms with van der Waals surface area (Å²) in [5.41, 5.74) is 4.72. The van der Waals surface area contributed by atoms with Crippen molar-refractivity contribution in [3.8, 4) is 5.75 Å². The Bertz CT molecular complexity index is 892. The fourth-order valence-corrected chi connectivity index (χ4v) is 2.35. The predicted octanol–water partition coefficient (Wildman–Crippen LogP) is 2.80. The number of hydrogen-bond donors (Lipinski definition) is 2. The molecule has 0 aliphatic carbocycles. The van der Waals surface area contributed by atoms with Crippen molar-refractivity contribution in [1.29, 1.82) is 0 Å². The maximum absolute atomic E-state index is 11.9. The smallest absolute Gasteiger partial charge is 0.347 e. The van der Waals surface area contributed by atoms with Gasteiger partial charge in [-0.15, -0.1) is 0 Å². The maximum Gasteiger partial charge on any atom is 0.347 e. The summed E-state index contributed by atoms with van der Waals surface area (Å²) >= 11 is 0. The molecule has 2 aromatic carbocycles. The van der Waals surface area contributed by atoms with E-state index in [1.165, 1.54) is 6.21 Å². The molecule has 0 aliphatic rings. The molecule has 8 heteroatoms. The van der Waals surface area contributed by atoms with Gasteiger partial charge >= 0.3 is 5.97 Å². The summed E-state index contributed by atoms with van der Waals surface area (Å²) in [5, 5.41) is 6.48. The third-order valence-corrected chi connectivity index (χ3v) is 3.87. The average molecular weight is 411 g/mol. The topological polar surface area (TPSA) is 106 Å². The van der Waals surface area contributed by atoms with E-state index < -0.39 is 23.9 Å². The number of rotatable bonds is 9. The van der Waals surface area contributed by atoms with Crippen LogP contribution in [0.4, 0.5) is 5.69 Å². The van der Waals surface area contributed by atoms with Gasteiger partial charge in [-0.2, -0.15) is 5.10 Å². The van der Waals surface area contributed by atoms with Gasteiger partial charge in [0.1, 0.15) is 12.2 Å². The number of esters is 1. The van der Waals surface area contributed by atoms with Gasteiger partial charge in [0, 0.05) is 5.69 Å².